The van der Waals surface area contributed by atoms with Crippen molar-refractivity contribution in [3.8, 4) is 11.8 Å². The van der Waals surface area contributed by atoms with Crippen molar-refractivity contribution in [1.29, 1.82) is 0 Å². The molecule has 0 bridgehead atoms. The molecule has 0 spiro atoms. The Kier molecular flexibility index (Phi) is 4.66. The summed E-state index contributed by atoms with van der Waals surface area (Å²) in [6, 6.07) is 0. The molecule has 18 heavy (non-hydrogen) atoms. The van der Waals surface area contributed by atoms with Gasteiger partial charge in [-0.25, -0.2) is 0 Å². The van der Waals surface area contributed by atoms with Crippen molar-refractivity contribution >= 4 is 0 Å². The van der Waals surface area contributed by atoms with Crippen molar-refractivity contribution in [3.05, 3.63) is 22.8 Å². The number of hydrogen-bond donors (Lipinski definition) is 0. The highest BCUT2D eigenvalue weighted by Gasteiger charge is 2.14. The predicted molar refractivity (Wildman–Crippen MR) is 78.3 cm³/mol. The van der Waals surface area contributed by atoms with Crippen LogP contribution >= 0.6 is 0 Å². The molecule has 0 N–H and O–H groups in total. The first-order valence-corrected chi connectivity index (χ1v) is 7.25. The molecular weight excluding hydrogens is 218 g/mol. The Morgan fingerprint density at radius 1 is 1.28 bits per heavy atom. The smallest absolute Gasteiger partial charge is 0.0605 e. The third kappa shape index (κ3) is 3.50. The Bertz CT molecular complexity index is 409. The van der Waals surface area contributed by atoms with E-state index in [0.29, 0.717) is 0 Å². The van der Waals surface area contributed by atoms with Gasteiger partial charge in [-0.1, -0.05) is 30.4 Å². The molecule has 1 fully saturated rings. The number of allylic oxidation sites excluding steroid dienone is 4. The zero-order chi connectivity index (χ0) is 13.0. The second-order valence-corrected chi connectivity index (χ2v) is 5.82. The highest BCUT2D eigenvalue weighted by Crippen LogP contribution is 2.23. The summed E-state index contributed by atoms with van der Waals surface area (Å²) < 4.78 is 0. The summed E-state index contributed by atoms with van der Waals surface area (Å²) in [6.07, 6.45) is 7.34. The van der Waals surface area contributed by atoms with E-state index in [2.05, 4.69) is 43.6 Å². The molecule has 0 saturated carbocycles. The predicted octanol–water partition coefficient (Wildman–Crippen LogP) is 3.78. The Balaban J connectivity index is 1.87. The van der Waals surface area contributed by atoms with E-state index in [1.807, 2.05) is 0 Å². The maximum absolute atomic E-state index is 3.37. The Hall–Kier alpha value is -1.00. The fraction of sp³-hybridized carbons (Fsp3) is 0.647. The van der Waals surface area contributed by atoms with Crippen LogP contribution < -0.4 is 0 Å². The topological polar surface area (TPSA) is 3.24 Å². The number of likely N-dealkylation sites (tertiary alicyclic amines) is 1. The van der Waals surface area contributed by atoms with Crippen LogP contribution in [-0.4, -0.2) is 24.5 Å². The first-order chi connectivity index (χ1) is 8.66. The molecule has 2 rings (SSSR count). The number of piperidine rings is 1. The van der Waals surface area contributed by atoms with Crippen LogP contribution in [0.5, 0.6) is 0 Å². The highest BCUT2D eigenvalue weighted by atomic mass is 15.1. The monoisotopic (exact) mass is 243 g/mol. The first kappa shape index (κ1) is 13.4. The molecule has 0 aromatic rings. The molecule has 1 aliphatic heterocycles. The van der Waals surface area contributed by atoms with Crippen molar-refractivity contribution in [1.82, 2.24) is 4.90 Å². The Morgan fingerprint density at radius 3 is 2.72 bits per heavy atom. The van der Waals surface area contributed by atoms with Crippen LogP contribution in [0.2, 0.25) is 0 Å². The molecule has 0 amide bonds. The minimum absolute atomic E-state index is 0.906. The normalized spacial score (nSPS) is 22.5. The van der Waals surface area contributed by atoms with E-state index in [1.54, 1.807) is 0 Å². The van der Waals surface area contributed by atoms with Gasteiger partial charge < -0.3 is 0 Å². The molecule has 0 aromatic carbocycles. The molecule has 1 heteroatoms. The van der Waals surface area contributed by atoms with Gasteiger partial charge in [0, 0.05) is 5.57 Å². The summed E-state index contributed by atoms with van der Waals surface area (Å²) >= 11 is 0. The lowest BCUT2D eigenvalue weighted by Crippen LogP contribution is -2.33. The SMILES string of the molecule is CC1=C(C)C(C#CCN2CCC(C)CC2)=CCC1. The van der Waals surface area contributed by atoms with E-state index in [0.717, 1.165) is 18.9 Å². The van der Waals surface area contributed by atoms with Crippen molar-refractivity contribution in [2.24, 2.45) is 5.92 Å². The lowest BCUT2D eigenvalue weighted by Gasteiger charge is -2.28. The van der Waals surface area contributed by atoms with E-state index in [-0.39, 0.29) is 0 Å². The average Bonchev–Trinajstić information content (AvgIpc) is 2.37. The van der Waals surface area contributed by atoms with Gasteiger partial charge in [-0.05, 0) is 64.1 Å². The summed E-state index contributed by atoms with van der Waals surface area (Å²) in [5.74, 6) is 7.64. The molecule has 1 nitrogen and oxygen atoms in total. The molecule has 1 aliphatic carbocycles. The Labute approximate surface area is 112 Å². The molecule has 1 heterocycles. The van der Waals surface area contributed by atoms with E-state index >= 15 is 0 Å². The fourth-order valence-electron chi connectivity index (χ4n) is 2.62. The number of hydrogen-bond acceptors (Lipinski definition) is 1. The summed E-state index contributed by atoms with van der Waals surface area (Å²) in [7, 11) is 0. The van der Waals surface area contributed by atoms with Gasteiger partial charge >= 0.3 is 0 Å². The van der Waals surface area contributed by atoms with Crippen molar-refractivity contribution < 1.29 is 0 Å². The average molecular weight is 243 g/mol. The lowest BCUT2D eigenvalue weighted by molar-refractivity contribution is 0.213. The summed E-state index contributed by atoms with van der Waals surface area (Å²) in [4.78, 5) is 2.49. The van der Waals surface area contributed by atoms with Crippen LogP contribution in [0.25, 0.3) is 0 Å². The van der Waals surface area contributed by atoms with Gasteiger partial charge in [0.1, 0.15) is 0 Å². The van der Waals surface area contributed by atoms with Gasteiger partial charge in [0.25, 0.3) is 0 Å². The lowest BCUT2D eigenvalue weighted by atomic mass is 9.93. The minimum atomic E-state index is 0.906. The van der Waals surface area contributed by atoms with Crippen molar-refractivity contribution in [2.75, 3.05) is 19.6 Å². The van der Waals surface area contributed by atoms with Crippen LogP contribution in [0, 0.1) is 17.8 Å². The molecule has 0 radical (unpaired) electrons. The zero-order valence-electron chi connectivity index (χ0n) is 12.1. The van der Waals surface area contributed by atoms with Gasteiger partial charge in [-0.3, -0.25) is 4.90 Å². The zero-order valence-corrected chi connectivity index (χ0v) is 12.1. The van der Waals surface area contributed by atoms with Crippen molar-refractivity contribution in [2.45, 2.75) is 46.5 Å². The summed E-state index contributed by atoms with van der Waals surface area (Å²) in [6.45, 7) is 10.2. The maximum atomic E-state index is 3.37. The number of rotatable bonds is 1. The third-order valence-electron chi connectivity index (χ3n) is 4.31. The van der Waals surface area contributed by atoms with Crippen LogP contribution in [0.3, 0.4) is 0 Å². The molecule has 0 unspecified atom stereocenters. The first-order valence-electron chi connectivity index (χ1n) is 7.25. The van der Waals surface area contributed by atoms with Gasteiger partial charge in [-0.2, -0.15) is 0 Å². The van der Waals surface area contributed by atoms with Gasteiger partial charge in [-0.15, -0.1) is 0 Å². The highest BCUT2D eigenvalue weighted by molar-refractivity contribution is 5.48. The number of nitrogens with zero attached hydrogens (tertiary/aromatic N) is 1. The minimum Gasteiger partial charge on any atom is -0.292 e. The second kappa shape index (κ2) is 6.25. The second-order valence-electron chi connectivity index (χ2n) is 5.82. The van der Waals surface area contributed by atoms with E-state index in [4.69, 9.17) is 0 Å². The maximum Gasteiger partial charge on any atom is 0.0605 e. The van der Waals surface area contributed by atoms with Crippen molar-refractivity contribution in [3.63, 3.8) is 0 Å². The van der Waals surface area contributed by atoms with Gasteiger partial charge in [0.2, 0.25) is 0 Å². The molecule has 98 valence electrons. The van der Waals surface area contributed by atoms with Crippen LogP contribution in [0.4, 0.5) is 0 Å². The third-order valence-corrected chi connectivity index (χ3v) is 4.31. The fourth-order valence-corrected chi connectivity index (χ4v) is 2.62. The Morgan fingerprint density at radius 2 is 2.00 bits per heavy atom. The van der Waals surface area contributed by atoms with Crippen LogP contribution in [0.1, 0.15) is 46.5 Å². The summed E-state index contributed by atoms with van der Waals surface area (Å²) in [5.41, 5.74) is 4.18. The summed E-state index contributed by atoms with van der Waals surface area (Å²) in [5, 5.41) is 0. The standard InChI is InChI=1S/C17H25N/c1-14-9-12-18(13-10-14)11-5-8-17-7-4-6-15(2)16(17)3/h7,14H,4,6,9-13H2,1-3H3. The van der Waals surface area contributed by atoms with E-state index < -0.39 is 0 Å². The largest absolute Gasteiger partial charge is 0.292 e. The quantitative estimate of drug-likeness (QED) is 0.634. The van der Waals surface area contributed by atoms with E-state index in [9.17, 15) is 0 Å². The van der Waals surface area contributed by atoms with E-state index in [1.165, 1.54) is 49.1 Å². The molecule has 0 aromatic heterocycles. The molecule has 2 aliphatic rings. The van der Waals surface area contributed by atoms with Gasteiger partial charge in [0.05, 0.1) is 6.54 Å². The molecule has 1 saturated heterocycles. The molecule has 0 atom stereocenters. The van der Waals surface area contributed by atoms with Crippen LogP contribution in [-0.2, 0) is 0 Å². The van der Waals surface area contributed by atoms with Crippen LogP contribution in [0.15, 0.2) is 22.8 Å². The molecular formula is C17H25N. The van der Waals surface area contributed by atoms with Gasteiger partial charge in [0.15, 0.2) is 0 Å².